The third-order valence-corrected chi connectivity index (χ3v) is 2.54. The second kappa shape index (κ2) is 7.12. The van der Waals surface area contributed by atoms with E-state index >= 15 is 0 Å². The Bertz CT molecular complexity index is 296. The smallest absolute Gasteiger partial charge is 0.120 e. The lowest BCUT2D eigenvalue weighted by atomic mass is 10.2. The molecule has 90 valence electrons. The molecule has 2 rings (SSSR count). The Labute approximate surface area is 98.4 Å². The molecule has 0 spiro atoms. The number of nitrogens with one attached hydrogen (secondary N) is 1. The Morgan fingerprint density at radius 3 is 2.50 bits per heavy atom. The molecule has 0 bridgehead atoms. The van der Waals surface area contributed by atoms with E-state index < -0.39 is 0 Å². The predicted molar refractivity (Wildman–Crippen MR) is 69.4 cm³/mol. The fourth-order valence-electron chi connectivity index (χ4n) is 1.73. The van der Waals surface area contributed by atoms with Crippen molar-refractivity contribution in [3.63, 3.8) is 0 Å². The number of benzene rings is 1. The van der Waals surface area contributed by atoms with Crippen molar-refractivity contribution in [3.8, 4) is 5.75 Å². The van der Waals surface area contributed by atoms with Crippen molar-refractivity contribution in [1.29, 1.82) is 0 Å². The zero-order valence-electron chi connectivity index (χ0n) is 10.5. The first kappa shape index (κ1) is 12.8. The summed E-state index contributed by atoms with van der Waals surface area (Å²) in [6.45, 7) is 8.29. The number of anilines is 1. The van der Waals surface area contributed by atoms with Crippen molar-refractivity contribution in [2.75, 3.05) is 38.2 Å². The van der Waals surface area contributed by atoms with Gasteiger partial charge in [0, 0.05) is 37.9 Å². The van der Waals surface area contributed by atoms with Crippen LogP contribution in [0.25, 0.3) is 0 Å². The van der Waals surface area contributed by atoms with E-state index in [1.807, 2.05) is 26.0 Å². The second-order valence-electron chi connectivity index (χ2n) is 3.44. The summed E-state index contributed by atoms with van der Waals surface area (Å²) in [6.07, 6.45) is 0. The van der Waals surface area contributed by atoms with Crippen LogP contribution in [-0.4, -0.2) is 33.3 Å². The largest absolute Gasteiger partial charge is 0.497 e. The van der Waals surface area contributed by atoms with E-state index in [2.05, 4.69) is 22.3 Å². The summed E-state index contributed by atoms with van der Waals surface area (Å²) < 4.78 is 5.20. The fourth-order valence-corrected chi connectivity index (χ4v) is 1.73. The first-order valence-electron chi connectivity index (χ1n) is 6.00. The van der Waals surface area contributed by atoms with Gasteiger partial charge in [-0.1, -0.05) is 19.9 Å². The lowest BCUT2D eigenvalue weighted by Gasteiger charge is -2.29. The number of hydrogen-bond acceptors (Lipinski definition) is 3. The first-order chi connectivity index (χ1) is 7.90. The highest BCUT2D eigenvalue weighted by Crippen LogP contribution is 2.20. The van der Waals surface area contributed by atoms with Gasteiger partial charge in [-0.25, -0.2) is 0 Å². The van der Waals surface area contributed by atoms with E-state index in [9.17, 15) is 0 Å². The Kier molecular flexibility index (Phi) is 5.72. The molecule has 0 atom stereocenters. The fraction of sp³-hybridized carbons (Fsp3) is 0.538. The highest BCUT2D eigenvalue weighted by molar-refractivity contribution is 5.51. The molecule has 1 N–H and O–H groups in total. The number of piperazine rings is 1. The summed E-state index contributed by atoms with van der Waals surface area (Å²) >= 11 is 0. The molecule has 3 nitrogen and oxygen atoms in total. The van der Waals surface area contributed by atoms with E-state index in [-0.39, 0.29) is 0 Å². The van der Waals surface area contributed by atoms with Gasteiger partial charge in [0.1, 0.15) is 5.75 Å². The van der Waals surface area contributed by atoms with Crippen LogP contribution in [0.4, 0.5) is 5.69 Å². The number of nitrogens with zero attached hydrogens (tertiary/aromatic N) is 1. The lowest BCUT2D eigenvalue weighted by Crippen LogP contribution is -2.43. The monoisotopic (exact) mass is 222 g/mol. The molecule has 3 heteroatoms. The average Bonchev–Trinajstić information content (AvgIpc) is 2.42. The molecule has 0 amide bonds. The molecule has 0 radical (unpaired) electrons. The zero-order chi connectivity index (χ0) is 11.8. The number of ether oxygens (including phenoxy) is 1. The van der Waals surface area contributed by atoms with Crippen LogP contribution < -0.4 is 15.0 Å². The van der Waals surface area contributed by atoms with Gasteiger partial charge in [0.25, 0.3) is 0 Å². The van der Waals surface area contributed by atoms with E-state index in [1.165, 1.54) is 5.69 Å². The summed E-state index contributed by atoms with van der Waals surface area (Å²) in [5.41, 5.74) is 1.26. The van der Waals surface area contributed by atoms with E-state index in [0.717, 1.165) is 31.9 Å². The van der Waals surface area contributed by atoms with Gasteiger partial charge >= 0.3 is 0 Å². The Hall–Kier alpha value is -1.22. The summed E-state index contributed by atoms with van der Waals surface area (Å²) in [4.78, 5) is 2.37. The summed E-state index contributed by atoms with van der Waals surface area (Å²) in [6, 6.07) is 8.24. The van der Waals surface area contributed by atoms with Gasteiger partial charge in [-0.15, -0.1) is 0 Å². The van der Waals surface area contributed by atoms with Crippen LogP contribution in [0.1, 0.15) is 13.8 Å². The van der Waals surface area contributed by atoms with E-state index in [1.54, 1.807) is 7.11 Å². The van der Waals surface area contributed by atoms with Crippen LogP contribution in [0.5, 0.6) is 5.75 Å². The van der Waals surface area contributed by atoms with Gasteiger partial charge in [-0.2, -0.15) is 0 Å². The second-order valence-corrected chi connectivity index (χ2v) is 3.44. The first-order valence-corrected chi connectivity index (χ1v) is 6.00. The molecule has 0 aliphatic carbocycles. The van der Waals surface area contributed by atoms with Crippen LogP contribution in [0.15, 0.2) is 24.3 Å². The van der Waals surface area contributed by atoms with Crippen molar-refractivity contribution < 1.29 is 4.74 Å². The van der Waals surface area contributed by atoms with Gasteiger partial charge in [-0.3, -0.25) is 0 Å². The quantitative estimate of drug-likeness (QED) is 0.829. The maximum Gasteiger partial charge on any atom is 0.120 e. The van der Waals surface area contributed by atoms with Gasteiger partial charge < -0.3 is 15.0 Å². The van der Waals surface area contributed by atoms with Crippen LogP contribution >= 0.6 is 0 Å². The molecular formula is C13H22N2O. The standard InChI is InChI=1S/C11H16N2O.C2H6/c1-14-11-4-2-3-10(9-11)13-7-5-12-6-8-13;1-2/h2-4,9,12H,5-8H2,1H3;1-2H3. The Morgan fingerprint density at radius 1 is 1.19 bits per heavy atom. The number of methoxy groups -OCH3 is 1. The SMILES string of the molecule is CC.COc1cccc(N2CCNCC2)c1. The van der Waals surface area contributed by atoms with Crippen molar-refractivity contribution in [3.05, 3.63) is 24.3 Å². The molecule has 0 saturated carbocycles. The minimum atomic E-state index is 0.932. The molecule has 1 aliphatic heterocycles. The van der Waals surface area contributed by atoms with E-state index in [0.29, 0.717) is 0 Å². The predicted octanol–water partition coefficient (Wildman–Crippen LogP) is 2.13. The van der Waals surface area contributed by atoms with Crippen LogP contribution in [0, 0.1) is 0 Å². The zero-order valence-corrected chi connectivity index (χ0v) is 10.5. The van der Waals surface area contributed by atoms with Crippen LogP contribution in [0.2, 0.25) is 0 Å². The number of rotatable bonds is 2. The van der Waals surface area contributed by atoms with Crippen molar-refractivity contribution in [2.45, 2.75) is 13.8 Å². The highest BCUT2D eigenvalue weighted by Gasteiger charge is 2.10. The van der Waals surface area contributed by atoms with Crippen LogP contribution in [-0.2, 0) is 0 Å². The molecule has 1 aromatic rings. The molecule has 1 saturated heterocycles. The number of hydrogen-bond donors (Lipinski definition) is 1. The molecule has 1 heterocycles. The summed E-state index contributed by atoms with van der Waals surface area (Å²) in [5.74, 6) is 0.932. The van der Waals surface area contributed by atoms with Crippen molar-refractivity contribution in [2.24, 2.45) is 0 Å². The van der Waals surface area contributed by atoms with Gasteiger partial charge in [-0.05, 0) is 12.1 Å². The van der Waals surface area contributed by atoms with Crippen LogP contribution in [0.3, 0.4) is 0 Å². The third-order valence-electron chi connectivity index (χ3n) is 2.54. The third kappa shape index (κ3) is 3.42. The Balaban J connectivity index is 0.000000606. The van der Waals surface area contributed by atoms with Gasteiger partial charge in [0.05, 0.1) is 7.11 Å². The molecule has 16 heavy (non-hydrogen) atoms. The van der Waals surface area contributed by atoms with Crippen molar-refractivity contribution >= 4 is 5.69 Å². The molecule has 1 aromatic carbocycles. The Morgan fingerprint density at radius 2 is 1.88 bits per heavy atom. The molecule has 0 aromatic heterocycles. The topological polar surface area (TPSA) is 24.5 Å². The van der Waals surface area contributed by atoms with Crippen molar-refractivity contribution in [1.82, 2.24) is 5.32 Å². The molecule has 1 fully saturated rings. The molecular weight excluding hydrogens is 200 g/mol. The maximum absolute atomic E-state index is 5.20. The average molecular weight is 222 g/mol. The maximum atomic E-state index is 5.20. The lowest BCUT2D eigenvalue weighted by molar-refractivity contribution is 0.414. The summed E-state index contributed by atoms with van der Waals surface area (Å²) in [7, 11) is 1.71. The van der Waals surface area contributed by atoms with Gasteiger partial charge in [0.15, 0.2) is 0 Å². The molecule has 1 aliphatic rings. The summed E-state index contributed by atoms with van der Waals surface area (Å²) in [5, 5.41) is 3.34. The van der Waals surface area contributed by atoms with Gasteiger partial charge in [0.2, 0.25) is 0 Å². The minimum absolute atomic E-state index is 0.932. The highest BCUT2D eigenvalue weighted by atomic mass is 16.5. The minimum Gasteiger partial charge on any atom is -0.497 e. The molecule has 0 unspecified atom stereocenters. The van der Waals surface area contributed by atoms with E-state index in [4.69, 9.17) is 4.74 Å². The normalized spacial score (nSPS) is 15.1.